The highest BCUT2D eigenvalue weighted by molar-refractivity contribution is 7.15. The molecule has 0 aliphatic heterocycles. The third kappa shape index (κ3) is 5.90. The number of rotatable bonds is 7. The molecule has 0 radical (unpaired) electrons. The van der Waals surface area contributed by atoms with Gasteiger partial charge in [-0.3, -0.25) is 0 Å². The second-order valence-electron chi connectivity index (χ2n) is 7.89. The third-order valence-electron chi connectivity index (χ3n) is 5.27. The van der Waals surface area contributed by atoms with E-state index in [2.05, 4.69) is 9.47 Å². The van der Waals surface area contributed by atoms with E-state index in [-0.39, 0.29) is 17.2 Å². The molecule has 38 heavy (non-hydrogen) atoms. The Kier molecular flexibility index (Phi) is 7.37. The predicted octanol–water partition coefficient (Wildman–Crippen LogP) is 9.23. The number of aryl methyl sites for hydroxylation is 1. The van der Waals surface area contributed by atoms with Crippen molar-refractivity contribution in [3.05, 3.63) is 94.4 Å². The van der Waals surface area contributed by atoms with E-state index in [1.54, 1.807) is 0 Å². The molecule has 0 fully saturated rings. The van der Waals surface area contributed by atoms with Crippen LogP contribution in [0.2, 0.25) is 0 Å². The van der Waals surface area contributed by atoms with Crippen LogP contribution in [0, 0.1) is 23.3 Å². The maximum atomic E-state index is 14.7. The van der Waals surface area contributed by atoms with Crippen molar-refractivity contribution in [2.45, 2.75) is 25.8 Å². The topological polar surface area (TPSA) is 18.5 Å². The van der Waals surface area contributed by atoms with Gasteiger partial charge in [0.1, 0.15) is 28.8 Å². The van der Waals surface area contributed by atoms with Crippen molar-refractivity contribution < 1.29 is 49.0 Å². The first-order valence-corrected chi connectivity index (χ1v) is 11.6. The average molecular weight is 562 g/mol. The number of halogens is 9. The lowest BCUT2D eigenvalue weighted by Crippen LogP contribution is -2.25. The Morgan fingerprint density at radius 2 is 1.26 bits per heavy atom. The van der Waals surface area contributed by atoms with E-state index in [0.717, 1.165) is 4.88 Å². The molecule has 0 saturated carbocycles. The molecule has 1 heterocycles. The minimum absolute atomic E-state index is 0.105. The van der Waals surface area contributed by atoms with Gasteiger partial charge < -0.3 is 9.47 Å². The zero-order valence-corrected chi connectivity index (χ0v) is 19.9. The maximum Gasteiger partial charge on any atom is 0.573 e. The smallest absolute Gasteiger partial charge is 0.429 e. The molecule has 0 amide bonds. The van der Waals surface area contributed by atoms with Crippen molar-refractivity contribution in [1.29, 1.82) is 0 Å². The summed E-state index contributed by atoms with van der Waals surface area (Å²) in [6, 6.07) is 9.64. The molecule has 0 spiro atoms. The molecular weight excluding hydrogens is 547 g/mol. The van der Waals surface area contributed by atoms with Crippen LogP contribution < -0.4 is 9.47 Å². The van der Waals surface area contributed by atoms with Gasteiger partial charge in [0, 0.05) is 10.9 Å². The lowest BCUT2D eigenvalue weighted by molar-refractivity contribution is -0.275. The Hall–Kier alpha value is -3.67. The second-order valence-corrected chi connectivity index (χ2v) is 9.03. The molecule has 1 aromatic heterocycles. The monoisotopic (exact) mass is 562 g/mol. The highest BCUT2D eigenvalue weighted by Crippen LogP contribution is 2.39. The normalized spacial score (nSPS) is 12.1. The first-order valence-electron chi connectivity index (χ1n) is 10.8. The van der Waals surface area contributed by atoms with Crippen LogP contribution in [-0.2, 0) is 12.5 Å². The number of benzene rings is 3. The Morgan fingerprint density at radius 3 is 1.79 bits per heavy atom. The summed E-state index contributed by atoms with van der Waals surface area (Å²) in [4.78, 5) is 1.21. The third-order valence-corrected chi connectivity index (χ3v) is 6.58. The summed E-state index contributed by atoms with van der Waals surface area (Å²) in [5, 5.41) is 0. The fourth-order valence-corrected chi connectivity index (χ4v) is 4.55. The molecule has 0 bridgehead atoms. The average Bonchev–Trinajstić information content (AvgIpc) is 3.20. The second kappa shape index (κ2) is 10.2. The van der Waals surface area contributed by atoms with Gasteiger partial charge in [-0.1, -0.05) is 31.2 Å². The molecule has 12 heteroatoms. The number of alkyl halides is 5. The van der Waals surface area contributed by atoms with Gasteiger partial charge in [0.15, 0.2) is 11.6 Å². The van der Waals surface area contributed by atoms with Gasteiger partial charge in [-0.25, -0.2) is 17.6 Å². The van der Waals surface area contributed by atoms with Gasteiger partial charge in [-0.05, 0) is 53.4 Å². The molecule has 4 aromatic rings. The molecule has 0 N–H and O–H groups in total. The first kappa shape index (κ1) is 27.4. The van der Waals surface area contributed by atoms with Crippen LogP contribution >= 0.6 is 11.3 Å². The lowest BCUT2D eigenvalue weighted by atomic mass is 10.0. The molecular formula is C26H15F9O2S. The van der Waals surface area contributed by atoms with Crippen LogP contribution in [0.25, 0.3) is 21.6 Å². The lowest BCUT2D eigenvalue weighted by Gasteiger charge is -2.20. The largest absolute Gasteiger partial charge is 0.573 e. The molecule has 3 aromatic carbocycles. The standard InChI is InChI=1S/C26H15F9O2S/c1-2-17-12-21(30)24(38-17)14-5-3-13(4-6-14)15-9-19(28)23(20(29)10-15)25(31,32)36-16-7-8-22(18(27)11-16)37-26(33,34)35/h3-12H,2H2,1H3. The fourth-order valence-electron chi connectivity index (χ4n) is 3.57. The molecule has 4 rings (SSSR count). The van der Waals surface area contributed by atoms with Crippen molar-refractivity contribution in [2.75, 3.05) is 0 Å². The number of hydrogen-bond donors (Lipinski definition) is 0. The number of thiophene rings is 1. The van der Waals surface area contributed by atoms with E-state index in [9.17, 15) is 39.5 Å². The Labute approximate surface area is 213 Å². The molecule has 200 valence electrons. The van der Waals surface area contributed by atoms with Crippen molar-refractivity contribution in [2.24, 2.45) is 0 Å². The summed E-state index contributed by atoms with van der Waals surface area (Å²) in [6.07, 6.45) is -9.26. The van der Waals surface area contributed by atoms with Gasteiger partial charge in [-0.2, -0.15) is 8.78 Å². The SMILES string of the molecule is CCc1cc(F)c(-c2ccc(-c3cc(F)c(C(F)(F)Oc4ccc(OC(F)(F)F)c(F)c4)c(F)c3)cc2)s1. The zero-order chi connectivity index (χ0) is 27.8. The number of hydrogen-bond acceptors (Lipinski definition) is 3. The summed E-state index contributed by atoms with van der Waals surface area (Å²) in [6.45, 7) is 1.88. The summed E-state index contributed by atoms with van der Waals surface area (Å²) < 4.78 is 131. The summed E-state index contributed by atoms with van der Waals surface area (Å²) >= 11 is 1.26. The minimum Gasteiger partial charge on any atom is -0.429 e. The molecule has 2 nitrogen and oxygen atoms in total. The zero-order valence-electron chi connectivity index (χ0n) is 19.1. The van der Waals surface area contributed by atoms with Crippen LogP contribution in [0.1, 0.15) is 17.4 Å². The van der Waals surface area contributed by atoms with Crippen LogP contribution in [0.5, 0.6) is 11.5 Å². The summed E-state index contributed by atoms with van der Waals surface area (Å²) in [5.74, 6) is -7.80. The highest BCUT2D eigenvalue weighted by atomic mass is 32.1. The highest BCUT2D eigenvalue weighted by Gasteiger charge is 2.41. The fraction of sp³-hybridized carbons (Fsp3) is 0.154. The van der Waals surface area contributed by atoms with Crippen molar-refractivity contribution >= 4 is 11.3 Å². The van der Waals surface area contributed by atoms with Crippen LogP contribution in [-0.4, -0.2) is 6.36 Å². The van der Waals surface area contributed by atoms with Crippen LogP contribution in [0.3, 0.4) is 0 Å². The Morgan fingerprint density at radius 1 is 0.658 bits per heavy atom. The maximum absolute atomic E-state index is 14.7. The predicted molar refractivity (Wildman–Crippen MR) is 122 cm³/mol. The van der Waals surface area contributed by atoms with Gasteiger partial charge in [-0.15, -0.1) is 24.5 Å². The molecule has 0 atom stereocenters. The van der Waals surface area contributed by atoms with Crippen LogP contribution in [0.4, 0.5) is 39.5 Å². The summed E-state index contributed by atoms with van der Waals surface area (Å²) in [5.41, 5.74) is -1.13. The van der Waals surface area contributed by atoms with E-state index >= 15 is 0 Å². The van der Waals surface area contributed by atoms with E-state index < -0.39 is 52.8 Å². The Bertz CT molecular complexity index is 1440. The molecule has 0 saturated heterocycles. The first-order chi connectivity index (χ1) is 17.8. The van der Waals surface area contributed by atoms with E-state index in [1.807, 2.05) is 6.92 Å². The Balaban J connectivity index is 1.58. The molecule has 0 aliphatic carbocycles. The minimum atomic E-state index is -5.24. The van der Waals surface area contributed by atoms with Crippen molar-refractivity contribution in [3.8, 4) is 33.1 Å². The van der Waals surface area contributed by atoms with E-state index in [1.165, 1.54) is 41.7 Å². The van der Waals surface area contributed by atoms with E-state index in [4.69, 9.17) is 0 Å². The van der Waals surface area contributed by atoms with Gasteiger partial charge in [0.05, 0.1) is 4.88 Å². The van der Waals surface area contributed by atoms with Gasteiger partial charge >= 0.3 is 12.5 Å². The molecule has 0 unspecified atom stereocenters. The molecule has 0 aliphatic rings. The summed E-state index contributed by atoms with van der Waals surface area (Å²) in [7, 11) is 0. The van der Waals surface area contributed by atoms with Gasteiger partial charge in [0.25, 0.3) is 0 Å². The number of ether oxygens (including phenoxy) is 2. The van der Waals surface area contributed by atoms with Crippen molar-refractivity contribution in [1.82, 2.24) is 0 Å². The van der Waals surface area contributed by atoms with Crippen LogP contribution in [0.15, 0.2) is 60.7 Å². The van der Waals surface area contributed by atoms with E-state index in [0.29, 0.717) is 41.1 Å². The quantitative estimate of drug-likeness (QED) is 0.209. The van der Waals surface area contributed by atoms with Crippen molar-refractivity contribution in [3.63, 3.8) is 0 Å². The van der Waals surface area contributed by atoms with Gasteiger partial charge in [0.2, 0.25) is 0 Å².